The van der Waals surface area contributed by atoms with E-state index in [-0.39, 0.29) is 9.86 Å². The van der Waals surface area contributed by atoms with Crippen LogP contribution in [0.1, 0.15) is 11.1 Å². The van der Waals surface area contributed by atoms with Crippen LogP contribution in [0.25, 0.3) is 22.2 Å². The molecule has 0 aliphatic heterocycles. The SMILES string of the molecule is O=C(/C=C/c1ccccc1)Sc1ccccc1.O=C(O)/C=C/c1ccccc1.O=c1ccc2ccccc2s1.[Cl][Al]([Cl])[Cl]. The van der Waals surface area contributed by atoms with Crippen molar-refractivity contribution in [2.45, 2.75) is 4.90 Å². The summed E-state index contributed by atoms with van der Waals surface area (Å²) in [6.07, 6.45) is 6.11. The molecule has 1 N–H and O–H groups in total. The van der Waals surface area contributed by atoms with Gasteiger partial charge in [-0.1, -0.05) is 114 Å². The summed E-state index contributed by atoms with van der Waals surface area (Å²) in [5, 5.41) is 9.47. The molecular weight excluding hydrogens is 658 g/mol. The summed E-state index contributed by atoms with van der Waals surface area (Å²) in [6, 6.07) is 40.1. The van der Waals surface area contributed by atoms with E-state index in [0.717, 1.165) is 32.2 Å². The molecule has 0 aliphatic carbocycles. The van der Waals surface area contributed by atoms with Crippen molar-refractivity contribution < 1.29 is 14.7 Å². The van der Waals surface area contributed by atoms with Crippen LogP contribution in [0.3, 0.4) is 0 Å². The highest BCUT2D eigenvalue weighted by molar-refractivity contribution is 8.14. The number of fused-ring (bicyclic) bond motifs is 1. The molecule has 4 aromatic carbocycles. The molecule has 1 heterocycles. The molecule has 10 heteroatoms. The van der Waals surface area contributed by atoms with Crippen LogP contribution in [0.15, 0.2) is 149 Å². The third-order valence-corrected chi connectivity index (χ3v) is 6.69. The Balaban J connectivity index is 0.000000218. The second-order valence-corrected chi connectivity index (χ2v) is 16.7. The molecule has 5 aromatic rings. The summed E-state index contributed by atoms with van der Waals surface area (Å²) in [5.74, 6) is -0.922. The van der Waals surface area contributed by atoms with Crippen molar-refractivity contribution in [2.75, 3.05) is 0 Å². The lowest BCUT2D eigenvalue weighted by Gasteiger charge is -1.95. The van der Waals surface area contributed by atoms with Crippen molar-refractivity contribution in [1.29, 1.82) is 0 Å². The molecule has 218 valence electrons. The van der Waals surface area contributed by atoms with Crippen LogP contribution in [-0.4, -0.2) is 27.6 Å². The number of rotatable bonds is 5. The van der Waals surface area contributed by atoms with Gasteiger partial charge in [-0.25, -0.2) is 34.9 Å². The maximum Gasteiger partial charge on any atom is 0.643 e. The minimum Gasteiger partial charge on any atom is -0.478 e. The van der Waals surface area contributed by atoms with Gasteiger partial charge in [-0.05, 0) is 70.8 Å². The van der Waals surface area contributed by atoms with E-state index in [4.69, 9.17) is 35.3 Å². The lowest BCUT2D eigenvalue weighted by Crippen LogP contribution is -1.87. The first-order valence-corrected chi connectivity index (χ1v) is 19.5. The summed E-state index contributed by atoms with van der Waals surface area (Å²) in [6.45, 7) is 0. The van der Waals surface area contributed by atoms with Gasteiger partial charge < -0.3 is 5.11 Å². The third-order valence-electron chi connectivity index (χ3n) is 4.92. The van der Waals surface area contributed by atoms with E-state index >= 15 is 0 Å². The average Bonchev–Trinajstić information content (AvgIpc) is 3.01. The zero-order chi connectivity index (χ0) is 31.3. The average molecular weight is 684 g/mol. The number of carboxylic acid groups (broad SMARTS) is 1. The molecule has 5 rings (SSSR count). The predicted molar refractivity (Wildman–Crippen MR) is 187 cm³/mol. The number of halogens is 3. The molecule has 0 atom stereocenters. The zero-order valence-corrected chi connectivity index (χ0v) is 27.7. The summed E-state index contributed by atoms with van der Waals surface area (Å²) in [7, 11) is 14.8. The van der Waals surface area contributed by atoms with Crippen molar-refractivity contribution in [3.05, 3.63) is 160 Å². The van der Waals surface area contributed by atoms with Gasteiger partial charge in [-0.15, -0.1) is 0 Å². The van der Waals surface area contributed by atoms with Crippen molar-refractivity contribution in [1.82, 2.24) is 0 Å². The monoisotopic (exact) mass is 682 g/mol. The van der Waals surface area contributed by atoms with E-state index in [9.17, 15) is 14.4 Å². The fourth-order valence-corrected chi connectivity index (χ4v) is 4.53. The summed E-state index contributed by atoms with van der Waals surface area (Å²) in [5.41, 5.74) is 1.93. The number of carbonyl (C=O) groups is 2. The lowest BCUT2D eigenvalue weighted by atomic mass is 10.2. The van der Waals surface area contributed by atoms with Gasteiger partial charge in [-0.2, -0.15) is 0 Å². The standard InChI is InChI=1S/C15H12OS.C9H8O2.C9H6OS.Al.3ClH/c16-15(17-14-9-5-2-6-10-14)12-11-13-7-3-1-4-8-13;10-9(11)7-6-8-4-2-1-3-5-8;10-9-6-5-7-3-1-2-4-8(7)11-9;;;;/h1-12H;1-7H,(H,10,11);1-6H;;3*1H/q;;;+3;;;/p-3/b12-11+;7-6+;;;;;. The van der Waals surface area contributed by atoms with E-state index in [1.807, 2.05) is 127 Å². The molecule has 0 fully saturated rings. The number of thioether (sulfide) groups is 1. The second kappa shape index (κ2) is 21.6. The lowest BCUT2D eigenvalue weighted by molar-refractivity contribution is -0.131. The zero-order valence-electron chi connectivity index (χ0n) is 22.6. The van der Waals surface area contributed by atoms with E-state index in [0.29, 0.717) is 0 Å². The molecule has 0 aliphatic rings. The predicted octanol–water partition coefficient (Wildman–Crippen LogP) is 9.75. The maximum atomic E-state index is 11.7. The molecule has 1 aromatic heterocycles. The molecular formula is C33H26AlCl3O4S2. The molecule has 0 spiro atoms. The fourth-order valence-electron chi connectivity index (χ4n) is 3.11. The molecule has 0 amide bonds. The Morgan fingerprint density at radius 2 is 1.12 bits per heavy atom. The number of benzene rings is 4. The first kappa shape index (κ1) is 36.1. The van der Waals surface area contributed by atoms with E-state index in [2.05, 4.69) is 0 Å². The quantitative estimate of drug-likeness (QED) is 0.113. The molecule has 0 saturated carbocycles. The molecule has 0 radical (unpaired) electrons. The van der Waals surface area contributed by atoms with Gasteiger partial charge in [0.25, 0.3) is 0 Å². The third kappa shape index (κ3) is 17.6. The molecule has 0 saturated heterocycles. The Morgan fingerprint density at radius 1 is 0.651 bits per heavy atom. The number of carbonyl (C=O) groups excluding carboxylic acids is 1. The first-order valence-electron chi connectivity index (χ1n) is 12.6. The van der Waals surface area contributed by atoms with Crippen LogP contribution in [0.5, 0.6) is 0 Å². The van der Waals surface area contributed by atoms with Gasteiger partial charge in [0.05, 0.1) is 0 Å². The minimum atomic E-state index is -1.72. The smallest absolute Gasteiger partial charge is 0.478 e. The maximum absolute atomic E-state index is 11.7. The van der Waals surface area contributed by atoms with Gasteiger partial charge in [0.15, 0.2) is 0 Å². The van der Waals surface area contributed by atoms with Gasteiger partial charge >= 0.3 is 17.4 Å². The van der Waals surface area contributed by atoms with Crippen molar-refractivity contribution in [2.24, 2.45) is 0 Å². The molecule has 0 unspecified atom stereocenters. The van der Waals surface area contributed by atoms with Gasteiger partial charge in [0, 0.05) is 15.7 Å². The first-order chi connectivity index (χ1) is 20.7. The van der Waals surface area contributed by atoms with Crippen LogP contribution in [-0.2, 0) is 9.59 Å². The van der Waals surface area contributed by atoms with Crippen molar-refractivity contribution >= 4 is 98.0 Å². The summed E-state index contributed by atoms with van der Waals surface area (Å²) >= 11 is 0.801. The highest BCUT2D eigenvalue weighted by atomic mass is 35.8. The largest absolute Gasteiger partial charge is 0.643 e. The van der Waals surface area contributed by atoms with Crippen molar-refractivity contribution in [3.8, 4) is 0 Å². The number of hydrogen-bond donors (Lipinski definition) is 1. The Morgan fingerprint density at radius 3 is 1.65 bits per heavy atom. The number of hydrogen-bond acceptors (Lipinski definition) is 5. The molecule has 43 heavy (non-hydrogen) atoms. The normalized spacial score (nSPS) is 10.0. The van der Waals surface area contributed by atoms with E-state index in [1.54, 1.807) is 18.2 Å². The van der Waals surface area contributed by atoms with E-state index < -0.39 is 17.4 Å². The van der Waals surface area contributed by atoms with Crippen LogP contribution in [0.2, 0.25) is 0 Å². The van der Waals surface area contributed by atoms with Gasteiger partial charge in [0.1, 0.15) is 0 Å². The second-order valence-electron chi connectivity index (χ2n) is 8.10. The number of aliphatic carboxylic acids is 1. The van der Waals surface area contributed by atoms with Gasteiger partial charge in [-0.3, -0.25) is 9.59 Å². The van der Waals surface area contributed by atoms with Crippen LogP contribution in [0, 0.1) is 0 Å². The highest BCUT2D eigenvalue weighted by Gasteiger charge is 2.00. The molecule has 4 nitrogen and oxygen atoms in total. The van der Waals surface area contributed by atoms with Crippen LogP contribution in [0.4, 0.5) is 0 Å². The Hall–Kier alpha value is -3.12. The topological polar surface area (TPSA) is 71.4 Å². The van der Waals surface area contributed by atoms with Gasteiger partial charge in [0.2, 0.25) is 9.86 Å². The van der Waals surface area contributed by atoms with Crippen molar-refractivity contribution in [3.63, 3.8) is 0 Å². The summed E-state index contributed by atoms with van der Waals surface area (Å²) in [4.78, 5) is 33.6. The Labute approximate surface area is 275 Å². The molecule has 0 bridgehead atoms. The number of carboxylic acids is 1. The fraction of sp³-hybridized carbons (Fsp3) is 0. The van der Waals surface area contributed by atoms with Crippen LogP contribution < -0.4 is 4.74 Å². The summed E-state index contributed by atoms with van der Waals surface area (Å²) < 4.78 is 1.17. The Kier molecular flexibility index (Phi) is 18.1. The highest BCUT2D eigenvalue weighted by Crippen LogP contribution is 2.19. The van der Waals surface area contributed by atoms with E-state index in [1.165, 1.54) is 23.1 Å². The Bertz CT molecular complexity index is 1640. The minimum absolute atomic E-state index is 0.0417. The van der Waals surface area contributed by atoms with Crippen LogP contribution >= 0.6 is 53.2 Å².